The summed E-state index contributed by atoms with van der Waals surface area (Å²) in [5.41, 5.74) is 2.55. The fraction of sp³-hybridized carbons (Fsp3) is 0.333. The Labute approximate surface area is 210 Å². The normalized spacial score (nSPS) is 14.0. The van der Waals surface area contributed by atoms with Gasteiger partial charge in [-0.2, -0.15) is 0 Å². The molecule has 2 N–H and O–H groups in total. The Hall–Kier alpha value is -3.82. The van der Waals surface area contributed by atoms with E-state index in [1.54, 1.807) is 21.3 Å². The highest BCUT2D eigenvalue weighted by molar-refractivity contribution is 6.27. The third kappa shape index (κ3) is 7.10. The molecule has 1 saturated heterocycles. The maximum atomic E-state index is 9.10. The van der Waals surface area contributed by atoms with Crippen LogP contribution in [0.15, 0.2) is 54.6 Å². The van der Waals surface area contributed by atoms with Gasteiger partial charge in [-0.15, -0.1) is 0 Å². The molecule has 0 aliphatic carbocycles. The number of hydrogen-bond donors (Lipinski definition) is 2. The van der Waals surface area contributed by atoms with Gasteiger partial charge in [-0.05, 0) is 40.1 Å². The maximum absolute atomic E-state index is 9.10. The Morgan fingerprint density at radius 3 is 1.67 bits per heavy atom. The number of rotatable bonds is 7. The van der Waals surface area contributed by atoms with Crippen LogP contribution in [0.25, 0.3) is 10.8 Å². The molecule has 9 nitrogen and oxygen atoms in total. The topological polar surface area (TPSA) is 109 Å². The van der Waals surface area contributed by atoms with E-state index in [1.807, 2.05) is 12.1 Å². The van der Waals surface area contributed by atoms with E-state index < -0.39 is 11.9 Å². The lowest BCUT2D eigenvalue weighted by atomic mass is 10.1. The number of carbonyl (C=O) groups is 2. The molecule has 3 aromatic carbocycles. The van der Waals surface area contributed by atoms with Crippen molar-refractivity contribution in [2.24, 2.45) is 0 Å². The third-order valence-electron chi connectivity index (χ3n) is 6.00. The Bertz CT molecular complexity index is 1150. The zero-order valence-corrected chi connectivity index (χ0v) is 20.8. The van der Waals surface area contributed by atoms with Crippen LogP contribution in [0.1, 0.15) is 11.1 Å². The van der Waals surface area contributed by atoms with E-state index in [2.05, 4.69) is 52.3 Å². The molecule has 9 heteroatoms. The first-order valence-corrected chi connectivity index (χ1v) is 11.5. The van der Waals surface area contributed by atoms with Crippen molar-refractivity contribution in [3.63, 3.8) is 0 Å². The van der Waals surface area contributed by atoms with Crippen LogP contribution in [-0.4, -0.2) is 79.5 Å². The van der Waals surface area contributed by atoms with E-state index in [9.17, 15) is 0 Å². The highest BCUT2D eigenvalue weighted by atomic mass is 16.5. The molecule has 0 radical (unpaired) electrons. The minimum atomic E-state index is -1.82. The first-order valence-electron chi connectivity index (χ1n) is 11.5. The Balaban J connectivity index is 0.000000538. The zero-order chi connectivity index (χ0) is 26.1. The molecule has 0 amide bonds. The number of carboxylic acid groups (broad SMARTS) is 2. The van der Waals surface area contributed by atoms with Gasteiger partial charge in [-0.1, -0.05) is 36.4 Å². The van der Waals surface area contributed by atoms with Gasteiger partial charge in [0.2, 0.25) is 5.75 Å². The summed E-state index contributed by atoms with van der Waals surface area (Å²) in [6.45, 7) is 6.10. The van der Waals surface area contributed by atoms with E-state index >= 15 is 0 Å². The first-order chi connectivity index (χ1) is 17.3. The monoisotopic (exact) mass is 496 g/mol. The van der Waals surface area contributed by atoms with Crippen molar-refractivity contribution in [1.82, 2.24) is 9.80 Å². The van der Waals surface area contributed by atoms with Gasteiger partial charge in [0.15, 0.2) is 11.5 Å². The van der Waals surface area contributed by atoms with Gasteiger partial charge in [-0.25, -0.2) is 9.59 Å². The van der Waals surface area contributed by atoms with Gasteiger partial charge in [0, 0.05) is 39.3 Å². The lowest BCUT2D eigenvalue weighted by Gasteiger charge is -2.35. The lowest BCUT2D eigenvalue weighted by Crippen LogP contribution is -2.45. The number of aliphatic carboxylic acids is 2. The Morgan fingerprint density at radius 2 is 1.19 bits per heavy atom. The maximum Gasteiger partial charge on any atom is 0.414 e. The van der Waals surface area contributed by atoms with Gasteiger partial charge in [0.25, 0.3) is 0 Å². The van der Waals surface area contributed by atoms with Crippen LogP contribution >= 0.6 is 0 Å². The summed E-state index contributed by atoms with van der Waals surface area (Å²) < 4.78 is 16.4. The molecule has 1 fully saturated rings. The molecule has 3 aromatic rings. The van der Waals surface area contributed by atoms with Crippen LogP contribution in [0.5, 0.6) is 17.2 Å². The number of piperazine rings is 1. The highest BCUT2D eigenvalue weighted by Crippen LogP contribution is 2.38. The van der Waals surface area contributed by atoms with Gasteiger partial charge >= 0.3 is 11.9 Å². The lowest BCUT2D eigenvalue weighted by molar-refractivity contribution is -0.159. The summed E-state index contributed by atoms with van der Waals surface area (Å²) in [6, 6.07) is 19.4. The smallest absolute Gasteiger partial charge is 0.414 e. The van der Waals surface area contributed by atoms with Crippen molar-refractivity contribution in [1.29, 1.82) is 0 Å². The largest absolute Gasteiger partial charge is 0.493 e. The van der Waals surface area contributed by atoms with E-state index in [4.69, 9.17) is 34.0 Å². The predicted octanol–water partition coefficient (Wildman–Crippen LogP) is 3.34. The van der Waals surface area contributed by atoms with Crippen LogP contribution in [0.2, 0.25) is 0 Å². The summed E-state index contributed by atoms with van der Waals surface area (Å²) in [7, 11) is 4.95. The summed E-state index contributed by atoms with van der Waals surface area (Å²) in [6.07, 6.45) is 0. The first kappa shape index (κ1) is 26.8. The second-order valence-electron chi connectivity index (χ2n) is 8.38. The number of hydrogen-bond acceptors (Lipinski definition) is 7. The molecule has 0 atom stereocenters. The summed E-state index contributed by atoms with van der Waals surface area (Å²) in [4.78, 5) is 23.2. The molecule has 1 aliphatic heterocycles. The predicted molar refractivity (Wildman–Crippen MR) is 136 cm³/mol. The Kier molecular flexibility index (Phi) is 9.49. The van der Waals surface area contributed by atoms with E-state index in [0.717, 1.165) is 39.3 Å². The van der Waals surface area contributed by atoms with E-state index in [0.29, 0.717) is 17.2 Å². The minimum Gasteiger partial charge on any atom is -0.493 e. The van der Waals surface area contributed by atoms with Crippen molar-refractivity contribution in [3.05, 3.63) is 65.7 Å². The number of benzene rings is 3. The molecular formula is C27H32N2O7. The number of ether oxygens (including phenoxy) is 3. The van der Waals surface area contributed by atoms with Crippen LogP contribution < -0.4 is 14.2 Å². The quantitative estimate of drug-likeness (QED) is 0.476. The van der Waals surface area contributed by atoms with Gasteiger partial charge < -0.3 is 24.4 Å². The van der Waals surface area contributed by atoms with E-state index in [-0.39, 0.29) is 0 Å². The molecule has 36 heavy (non-hydrogen) atoms. The van der Waals surface area contributed by atoms with Crippen molar-refractivity contribution < 1.29 is 34.0 Å². The van der Waals surface area contributed by atoms with E-state index in [1.165, 1.54) is 21.9 Å². The van der Waals surface area contributed by atoms with Crippen LogP contribution in [-0.2, 0) is 22.7 Å². The molecule has 192 valence electrons. The van der Waals surface area contributed by atoms with Gasteiger partial charge in [-0.3, -0.25) is 9.80 Å². The fourth-order valence-electron chi connectivity index (χ4n) is 4.19. The molecule has 0 spiro atoms. The van der Waals surface area contributed by atoms with Crippen LogP contribution in [0, 0.1) is 0 Å². The third-order valence-corrected chi connectivity index (χ3v) is 6.00. The second kappa shape index (κ2) is 12.8. The minimum absolute atomic E-state index is 0.643. The molecule has 1 heterocycles. The van der Waals surface area contributed by atoms with Gasteiger partial charge in [0.1, 0.15) is 0 Å². The second-order valence-corrected chi connectivity index (χ2v) is 8.38. The SMILES string of the molecule is COc1cc(CN2CCN(Cc3ccc4ccccc4c3)CC2)cc(OC)c1OC.O=C(O)C(=O)O. The van der Waals surface area contributed by atoms with Crippen molar-refractivity contribution in [2.75, 3.05) is 47.5 Å². The van der Waals surface area contributed by atoms with Crippen molar-refractivity contribution in [3.8, 4) is 17.2 Å². The zero-order valence-electron chi connectivity index (χ0n) is 20.8. The van der Waals surface area contributed by atoms with Crippen molar-refractivity contribution >= 4 is 22.7 Å². The Morgan fingerprint density at radius 1 is 0.694 bits per heavy atom. The summed E-state index contributed by atoms with van der Waals surface area (Å²) in [5, 5.41) is 17.4. The molecule has 1 aliphatic rings. The van der Waals surface area contributed by atoms with Gasteiger partial charge in [0.05, 0.1) is 21.3 Å². The van der Waals surface area contributed by atoms with Crippen LogP contribution in [0.3, 0.4) is 0 Å². The molecule has 4 rings (SSSR count). The average molecular weight is 497 g/mol. The number of carboxylic acids is 2. The molecule has 0 saturated carbocycles. The molecule has 0 unspecified atom stereocenters. The number of methoxy groups -OCH3 is 3. The summed E-state index contributed by atoms with van der Waals surface area (Å²) in [5.74, 6) is -1.59. The molecule has 0 bridgehead atoms. The molecule has 0 aromatic heterocycles. The average Bonchev–Trinajstić information content (AvgIpc) is 2.89. The standard InChI is InChI=1S/C25H30N2O3.C2H2O4/c1-28-23-15-20(16-24(29-2)25(23)30-3)18-27-12-10-26(11-13-27)17-19-8-9-21-6-4-5-7-22(21)14-19;3-1(4)2(5)6/h4-9,14-16H,10-13,17-18H2,1-3H3;(H,3,4)(H,5,6). The highest BCUT2D eigenvalue weighted by Gasteiger charge is 2.19. The molecular weight excluding hydrogens is 464 g/mol. The fourth-order valence-corrected chi connectivity index (χ4v) is 4.19. The van der Waals surface area contributed by atoms with Crippen molar-refractivity contribution in [2.45, 2.75) is 13.1 Å². The number of nitrogens with zero attached hydrogens (tertiary/aromatic N) is 2. The van der Waals surface area contributed by atoms with Crippen LogP contribution in [0.4, 0.5) is 0 Å². The summed E-state index contributed by atoms with van der Waals surface area (Å²) >= 11 is 0. The number of fused-ring (bicyclic) bond motifs is 1.